The van der Waals surface area contributed by atoms with Crippen molar-refractivity contribution in [2.45, 2.75) is 13.1 Å². The average Bonchev–Trinajstić information content (AvgIpc) is 2.90. The van der Waals surface area contributed by atoms with E-state index in [0.717, 1.165) is 24.5 Å². The van der Waals surface area contributed by atoms with Crippen LogP contribution in [0.3, 0.4) is 0 Å². The van der Waals surface area contributed by atoms with Crippen molar-refractivity contribution in [3.05, 3.63) is 41.7 Å². The van der Waals surface area contributed by atoms with Gasteiger partial charge >= 0.3 is 0 Å². The third-order valence-corrected chi connectivity index (χ3v) is 2.86. The number of nitrogens with zero attached hydrogens (tertiary/aromatic N) is 2. The van der Waals surface area contributed by atoms with Crippen LogP contribution in [0, 0.1) is 0 Å². The second kappa shape index (κ2) is 3.64. The zero-order valence-electron chi connectivity index (χ0n) is 9.10. The number of fused-ring (bicyclic) bond motifs is 1. The predicted molar refractivity (Wildman–Crippen MR) is 60.7 cm³/mol. The molecule has 4 nitrogen and oxygen atoms in total. The molecule has 1 aliphatic rings. The summed E-state index contributed by atoms with van der Waals surface area (Å²) in [6.45, 7) is 1.80. The topological polar surface area (TPSA) is 39.1 Å². The summed E-state index contributed by atoms with van der Waals surface area (Å²) in [5.41, 5.74) is 3.57. The van der Waals surface area contributed by atoms with Gasteiger partial charge in [0, 0.05) is 24.7 Å². The van der Waals surface area contributed by atoms with E-state index in [1.54, 1.807) is 7.11 Å². The molecule has 1 aliphatic heterocycles. The smallest absolute Gasteiger partial charge is 0.121 e. The van der Waals surface area contributed by atoms with E-state index in [0.29, 0.717) is 0 Å². The number of methoxy groups -OCH3 is 1. The highest BCUT2D eigenvalue weighted by atomic mass is 16.5. The standard InChI is InChI=1S/C12H13N3O/c1-16-11-4-2-3-10(5-11)15-12-8-13-6-9(12)7-14-15/h2-5,7,13H,6,8H2,1H3. The first-order valence-corrected chi connectivity index (χ1v) is 5.29. The summed E-state index contributed by atoms with van der Waals surface area (Å²) in [6.07, 6.45) is 1.93. The lowest BCUT2D eigenvalue weighted by Crippen LogP contribution is -2.07. The summed E-state index contributed by atoms with van der Waals surface area (Å²) in [6, 6.07) is 7.94. The van der Waals surface area contributed by atoms with Gasteiger partial charge in [-0.1, -0.05) is 6.07 Å². The number of rotatable bonds is 2. The van der Waals surface area contributed by atoms with Crippen molar-refractivity contribution in [3.63, 3.8) is 0 Å². The molecule has 3 rings (SSSR count). The van der Waals surface area contributed by atoms with Gasteiger partial charge in [0.25, 0.3) is 0 Å². The zero-order chi connectivity index (χ0) is 11.0. The average molecular weight is 215 g/mol. The Morgan fingerprint density at radius 2 is 2.31 bits per heavy atom. The molecule has 2 aromatic rings. The Morgan fingerprint density at radius 1 is 1.38 bits per heavy atom. The van der Waals surface area contributed by atoms with E-state index >= 15 is 0 Å². The molecule has 0 fully saturated rings. The molecule has 2 heterocycles. The molecule has 82 valence electrons. The van der Waals surface area contributed by atoms with Gasteiger partial charge in [0.1, 0.15) is 5.75 Å². The van der Waals surface area contributed by atoms with Crippen molar-refractivity contribution in [2.75, 3.05) is 7.11 Å². The van der Waals surface area contributed by atoms with Gasteiger partial charge in [0.15, 0.2) is 0 Å². The van der Waals surface area contributed by atoms with Gasteiger partial charge in [0.2, 0.25) is 0 Å². The number of hydrogen-bond donors (Lipinski definition) is 1. The maximum Gasteiger partial charge on any atom is 0.121 e. The van der Waals surface area contributed by atoms with Crippen LogP contribution < -0.4 is 10.1 Å². The molecule has 0 radical (unpaired) electrons. The maximum absolute atomic E-state index is 5.22. The van der Waals surface area contributed by atoms with Crippen molar-refractivity contribution < 1.29 is 4.74 Å². The molecule has 16 heavy (non-hydrogen) atoms. The van der Waals surface area contributed by atoms with Crippen LogP contribution in [0.15, 0.2) is 30.5 Å². The van der Waals surface area contributed by atoms with Gasteiger partial charge in [-0.25, -0.2) is 4.68 Å². The monoisotopic (exact) mass is 215 g/mol. The van der Waals surface area contributed by atoms with Crippen molar-refractivity contribution in [1.29, 1.82) is 0 Å². The fourth-order valence-electron chi connectivity index (χ4n) is 2.02. The van der Waals surface area contributed by atoms with Gasteiger partial charge in [-0.05, 0) is 12.1 Å². The summed E-state index contributed by atoms with van der Waals surface area (Å²) in [5, 5.41) is 7.72. The molecular weight excluding hydrogens is 202 g/mol. The number of ether oxygens (including phenoxy) is 1. The number of nitrogens with one attached hydrogen (secondary N) is 1. The van der Waals surface area contributed by atoms with Crippen molar-refractivity contribution >= 4 is 0 Å². The molecule has 0 atom stereocenters. The first-order valence-electron chi connectivity index (χ1n) is 5.29. The van der Waals surface area contributed by atoms with E-state index in [4.69, 9.17) is 4.74 Å². The van der Waals surface area contributed by atoms with Crippen molar-refractivity contribution in [2.24, 2.45) is 0 Å². The zero-order valence-corrected chi connectivity index (χ0v) is 9.10. The third-order valence-electron chi connectivity index (χ3n) is 2.86. The lowest BCUT2D eigenvalue weighted by molar-refractivity contribution is 0.414. The summed E-state index contributed by atoms with van der Waals surface area (Å²) in [4.78, 5) is 0. The van der Waals surface area contributed by atoms with E-state index in [1.165, 1.54) is 11.3 Å². The molecular formula is C12H13N3O. The highest BCUT2D eigenvalue weighted by molar-refractivity contribution is 5.41. The van der Waals surface area contributed by atoms with Crippen LogP contribution in [0.2, 0.25) is 0 Å². The lowest BCUT2D eigenvalue weighted by Gasteiger charge is -2.07. The van der Waals surface area contributed by atoms with Gasteiger partial charge in [-0.15, -0.1) is 0 Å². The molecule has 4 heteroatoms. The Balaban J connectivity index is 2.08. The van der Waals surface area contributed by atoms with Crippen molar-refractivity contribution in [1.82, 2.24) is 15.1 Å². The number of hydrogen-bond acceptors (Lipinski definition) is 3. The number of aromatic nitrogens is 2. The highest BCUT2D eigenvalue weighted by Gasteiger charge is 2.16. The fourth-order valence-corrected chi connectivity index (χ4v) is 2.02. The van der Waals surface area contributed by atoms with Gasteiger partial charge in [0.05, 0.1) is 24.7 Å². The molecule has 0 saturated heterocycles. The lowest BCUT2D eigenvalue weighted by atomic mass is 10.2. The van der Waals surface area contributed by atoms with Crippen LogP contribution in [-0.2, 0) is 13.1 Å². The second-order valence-electron chi connectivity index (χ2n) is 3.83. The Labute approximate surface area is 93.8 Å². The summed E-state index contributed by atoms with van der Waals surface area (Å²) >= 11 is 0. The summed E-state index contributed by atoms with van der Waals surface area (Å²) < 4.78 is 7.19. The SMILES string of the molecule is COc1cccc(-n2ncc3c2CNC3)c1. The number of benzene rings is 1. The Hall–Kier alpha value is -1.81. The third kappa shape index (κ3) is 1.39. The highest BCUT2D eigenvalue weighted by Crippen LogP contribution is 2.21. The molecule has 0 aliphatic carbocycles. The molecule has 1 aromatic heterocycles. The van der Waals surface area contributed by atoms with E-state index in [9.17, 15) is 0 Å². The van der Waals surface area contributed by atoms with Gasteiger partial charge < -0.3 is 10.1 Å². The minimum atomic E-state index is 0.854. The summed E-state index contributed by atoms with van der Waals surface area (Å²) in [5.74, 6) is 0.854. The molecule has 1 N–H and O–H groups in total. The normalized spacial score (nSPS) is 13.8. The minimum absolute atomic E-state index is 0.854. The predicted octanol–water partition coefficient (Wildman–Crippen LogP) is 1.48. The van der Waals surface area contributed by atoms with E-state index in [1.807, 2.05) is 35.1 Å². The van der Waals surface area contributed by atoms with Crippen molar-refractivity contribution in [3.8, 4) is 11.4 Å². The van der Waals surface area contributed by atoms with Crippen LogP contribution in [0.5, 0.6) is 5.75 Å². The fraction of sp³-hybridized carbons (Fsp3) is 0.250. The van der Waals surface area contributed by atoms with E-state index < -0.39 is 0 Å². The Kier molecular flexibility index (Phi) is 2.15. The second-order valence-corrected chi connectivity index (χ2v) is 3.83. The molecule has 0 amide bonds. The quantitative estimate of drug-likeness (QED) is 0.824. The van der Waals surface area contributed by atoms with Crippen LogP contribution in [0.25, 0.3) is 5.69 Å². The van der Waals surface area contributed by atoms with Gasteiger partial charge in [-0.2, -0.15) is 5.10 Å². The molecule has 0 unspecified atom stereocenters. The molecule has 0 spiro atoms. The van der Waals surface area contributed by atoms with E-state index in [2.05, 4.69) is 10.4 Å². The minimum Gasteiger partial charge on any atom is -0.497 e. The maximum atomic E-state index is 5.22. The molecule has 0 bridgehead atoms. The van der Waals surface area contributed by atoms with Crippen LogP contribution in [0.4, 0.5) is 0 Å². The first kappa shape index (κ1) is 9.42. The summed E-state index contributed by atoms with van der Waals surface area (Å²) in [7, 11) is 1.67. The van der Waals surface area contributed by atoms with Gasteiger partial charge in [-0.3, -0.25) is 0 Å². The Bertz CT molecular complexity index is 519. The molecule has 0 saturated carbocycles. The van der Waals surface area contributed by atoms with Crippen LogP contribution >= 0.6 is 0 Å². The first-order chi connectivity index (χ1) is 7.88. The van der Waals surface area contributed by atoms with E-state index in [-0.39, 0.29) is 0 Å². The van der Waals surface area contributed by atoms with Crippen LogP contribution in [-0.4, -0.2) is 16.9 Å². The van der Waals surface area contributed by atoms with Crippen LogP contribution in [0.1, 0.15) is 11.3 Å². The molecule has 1 aromatic carbocycles. The largest absolute Gasteiger partial charge is 0.497 e. The Morgan fingerprint density at radius 3 is 3.19 bits per heavy atom.